The van der Waals surface area contributed by atoms with E-state index in [2.05, 4.69) is 40.7 Å². The van der Waals surface area contributed by atoms with E-state index in [-0.39, 0.29) is 30.5 Å². The van der Waals surface area contributed by atoms with Crippen molar-refractivity contribution in [1.82, 2.24) is 0 Å². The summed E-state index contributed by atoms with van der Waals surface area (Å²) in [5, 5.41) is 98.0. The molecule has 14 nitrogen and oxygen atoms in total. The van der Waals surface area contributed by atoms with E-state index in [0.29, 0.717) is 44.9 Å². The minimum Gasteiger partial charge on any atom is -0.432 e. The Kier molecular flexibility index (Phi) is 10.6. The fourth-order valence-corrected chi connectivity index (χ4v) is 13.4. The number of hydrogen-bond acceptors (Lipinski definition) is 14. The maximum absolute atomic E-state index is 14.9. The average molecular weight is 783 g/mol. The topological polar surface area (TPSA) is 236 Å². The lowest BCUT2D eigenvalue weighted by atomic mass is 9.33. The first-order valence-corrected chi connectivity index (χ1v) is 20.4. The van der Waals surface area contributed by atoms with Gasteiger partial charge in [-0.05, 0) is 91.8 Å². The van der Waals surface area contributed by atoms with Crippen LogP contribution >= 0.6 is 0 Å². The number of allylic oxidation sites excluding steroid dienone is 2. The monoisotopic (exact) mass is 782 g/mol. The van der Waals surface area contributed by atoms with E-state index in [0.717, 1.165) is 12.0 Å². The van der Waals surface area contributed by atoms with Gasteiger partial charge in [0.15, 0.2) is 12.4 Å². The molecule has 7 rings (SSSR count). The van der Waals surface area contributed by atoms with Gasteiger partial charge in [-0.3, -0.25) is 4.79 Å². The Morgan fingerprint density at radius 2 is 1.47 bits per heavy atom. The molecule has 0 bridgehead atoms. The average Bonchev–Trinajstić information content (AvgIpc) is 3.11. The number of carbonyl (C=O) groups excluding carboxylic acids is 1. The largest absolute Gasteiger partial charge is 0.432 e. The molecule has 2 heterocycles. The quantitative estimate of drug-likeness (QED) is 0.139. The van der Waals surface area contributed by atoms with Crippen molar-refractivity contribution in [3.63, 3.8) is 0 Å². The first-order chi connectivity index (χ1) is 25.5. The molecule has 20 atom stereocenters. The minimum atomic E-state index is -1.70. The Hall–Kier alpha value is -1.27. The summed E-state index contributed by atoms with van der Waals surface area (Å²) in [6, 6.07) is 0. The van der Waals surface area contributed by atoms with Gasteiger partial charge in [0.25, 0.3) is 0 Å². The third-order valence-corrected chi connectivity index (χ3v) is 16.8. The molecule has 314 valence electrons. The van der Waals surface area contributed by atoms with Crippen LogP contribution in [0.1, 0.15) is 99.8 Å². The van der Waals surface area contributed by atoms with Crippen LogP contribution in [0.15, 0.2) is 11.6 Å². The molecule has 0 amide bonds. The first kappa shape index (κ1) is 41.9. The van der Waals surface area contributed by atoms with E-state index in [4.69, 9.17) is 18.9 Å². The number of aliphatic hydroxyl groups is 9. The van der Waals surface area contributed by atoms with Crippen molar-refractivity contribution in [2.24, 2.45) is 50.2 Å². The fourth-order valence-electron chi connectivity index (χ4n) is 13.4. The highest BCUT2D eigenvalue weighted by atomic mass is 16.8. The van der Waals surface area contributed by atoms with Crippen molar-refractivity contribution in [2.75, 3.05) is 13.2 Å². The van der Waals surface area contributed by atoms with Gasteiger partial charge in [0.1, 0.15) is 30.5 Å². The zero-order valence-electron chi connectivity index (χ0n) is 33.4. The van der Waals surface area contributed by atoms with Crippen LogP contribution in [0.2, 0.25) is 0 Å². The Labute approximate surface area is 323 Å². The number of aliphatic hydroxyl groups excluding tert-OH is 9. The molecular formula is C41H66O14. The zero-order chi connectivity index (χ0) is 40.4. The third kappa shape index (κ3) is 6.05. The summed E-state index contributed by atoms with van der Waals surface area (Å²) in [6.45, 7) is 13.6. The van der Waals surface area contributed by atoms with E-state index in [1.807, 2.05) is 0 Å². The normalized spacial score (nSPS) is 56.2. The van der Waals surface area contributed by atoms with Crippen LogP contribution in [0.5, 0.6) is 0 Å². The molecule has 14 heteroatoms. The zero-order valence-corrected chi connectivity index (χ0v) is 33.4. The molecule has 9 N–H and O–H groups in total. The molecule has 0 radical (unpaired) electrons. The molecule has 0 aromatic heterocycles. The van der Waals surface area contributed by atoms with Gasteiger partial charge < -0.3 is 64.9 Å². The Bertz CT molecular complexity index is 1510. The van der Waals surface area contributed by atoms with Crippen molar-refractivity contribution in [3.8, 4) is 0 Å². The molecule has 5 aliphatic carbocycles. The van der Waals surface area contributed by atoms with Crippen LogP contribution in [0, 0.1) is 50.2 Å². The van der Waals surface area contributed by atoms with E-state index in [9.17, 15) is 50.8 Å². The van der Waals surface area contributed by atoms with Crippen LogP contribution in [0.3, 0.4) is 0 Å². The van der Waals surface area contributed by atoms with Crippen LogP contribution < -0.4 is 0 Å². The number of fused-ring (bicyclic) bond motifs is 7. The molecule has 4 saturated carbocycles. The van der Waals surface area contributed by atoms with E-state index >= 15 is 0 Å². The standard InChI is InChI=1S/C41H66O14/c1-19-26(46)28(48)29(49)33(53-19)54-30-27(47)24(45)17-52-34(30)55-35(51)41-12-10-36(2,3)14-21(41)20-8-9-25-37(4)15-23(44)32(50)38(5,18-42)31(37)22(43)16-40(25,7)39(20,6)11-13-41/h8,19,21-34,42-50H,9-18H2,1-7H3. The number of rotatable bonds is 5. The molecule has 55 heavy (non-hydrogen) atoms. The molecule has 0 aromatic carbocycles. The summed E-state index contributed by atoms with van der Waals surface area (Å²) in [5.74, 6) is -1.18. The second-order valence-electron chi connectivity index (χ2n) is 20.4. The predicted molar refractivity (Wildman–Crippen MR) is 194 cm³/mol. The minimum absolute atomic E-state index is 0.00685. The van der Waals surface area contributed by atoms with Crippen molar-refractivity contribution in [1.29, 1.82) is 0 Å². The smallest absolute Gasteiger partial charge is 0.315 e. The van der Waals surface area contributed by atoms with E-state index < -0.39 is 113 Å². The summed E-state index contributed by atoms with van der Waals surface area (Å²) in [4.78, 5) is 14.9. The van der Waals surface area contributed by atoms with Crippen molar-refractivity contribution in [3.05, 3.63) is 11.6 Å². The first-order valence-electron chi connectivity index (χ1n) is 20.4. The predicted octanol–water partition coefficient (Wildman–Crippen LogP) is 0.897. The van der Waals surface area contributed by atoms with Crippen molar-refractivity contribution >= 4 is 5.97 Å². The summed E-state index contributed by atoms with van der Waals surface area (Å²) in [5.41, 5.74) is -2.52. The molecule has 7 aliphatic rings. The van der Waals surface area contributed by atoms with Gasteiger partial charge in [-0.1, -0.05) is 53.2 Å². The van der Waals surface area contributed by atoms with Gasteiger partial charge in [0, 0.05) is 11.3 Å². The Balaban J connectivity index is 1.21. The van der Waals surface area contributed by atoms with E-state index in [1.165, 1.54) is 6.92 Å². The van der Waals surface area contributed by atoms with Gasteiger partial charge in [-0.15, -0.1) is 0 Å². The highest BCUT2D eigenvalue weighted by Crippen LogP contribution is 2.76. The Morgan fingerprint density at radius 3 is 2.15 bits per heavy atom. The summed E-state index contributed by atoms with van der Waals surface area (Å²) >= 11 is 0. The maximum atomic E-state index is 14.9. The lowest BCUT2D eigenvalue weighted by Crippen LogP contribution is -2.71. The number of carbonyl (C=O) groups is 1. The number of hydrogen-bond donors (Lipinski definition) is 9. The fraction of sp³-hybridized carbons (Fsp3) is 0.927. The molecule has 2 aliphatic heterocycles. The molecule has 6 fully saturated rings. The Morgan fingerprint density at radius 1 is 0.800 bits per heavy atom. The summed E-state index contributed by atoms with van der Waals surface area (Å²) in [6.07, 6.45) is -9.46. The van der Waals surface area contributed by atoms with Gasteiger partial charge in [0.2, 0.25) is 6.29 Å². The molecule has 0 spiro atoms. The molecule has 0 aromatic rings. The second-order valence-corrected chi connectivity index (χ2v) is 20.4. The van der Waals surface area contributed by atoms with Crippen LogP contribution in [0.4, 0.5) is 0 Å². The van der Waals surface area contributed by atoms with Crippen LogP contribution in [-0.2, 0) is 23.7 Å². The van der Waals surface area contributed by atoms with Gasteiger partial charge >= 0.3 is 5.97 Å². The number of ether oxygens (including phenoxy) is 4. The van der Waals surface area contributed by atoms with Crippen LogP contribution in [0.25, 0.3) is 0 Å². The van der Waals surface area contributed by atoms with Crippen molar-refractivity contribution < 1.29 is 69.7 Å². The highest BCUT2D eigenvalue weighted by molar-refractivity contribution is 5.79. The van der Waals surface area contributed by atoms with E-state index in [1.54, 1.807) is 6.92 Å². The third-order valence-electron chi connectivity index (χ3n) is 16.8. The highest BCUT2D eigenvalue weighted by Gasteiger charge is 2.72. The maximum Gasteiger partial charge on any atom is 0.315 e. The molecule has 2 saturated heterocycles. The van der Waals surface area contributed by atoms with Crippen molar-refractivity contribution in [2.45, 2.75) is 173 Å². The van der Waals surface area contributed by atoms with Gasteiger partial charge in [-0.2, -0.15) is 0 Å². The lowest BCUT2D eigenvalue weighted by molar-refractivity contribution is -0.350. The SMILES string of the molecule is CC1OC(OC2C(OC(=O)C34CCC(C)(C)CC3C3=CCC5C6(C)CC(O)C(O)C(C)(CO)C6C(O)CC5(C)C3(C)CC4)OCC(O)C2O)C(O)C(O)C1O. The molecule has 20 unspecified atom stereocenters. The van der Waals surface area contributed by atoms with Crippen LogP contribution in [-0.4, -0.2) is 139 Å². The van der Waals surface area contributed by atoms with Gasteiger partial charge in [0.05, 0.1) is 43.0 Å². The number of esters is 1. The summed E-state index contributed by atoms with van der Waals surface area (Å²) < 4.78 is 23.5. The lowest BCUT2D eigenvalue weighted by Gasteiger charge is -2.72. The second kappa shape index (κ2) is 13.9. The van der Waals surface area contributed by atoms with Gasteiger partial charge in [-0.25, -0.2) is 0 Å². The molecular weight excluding hydrogens is 716 g/mol. The summed E-state index contributed by atoms with van der Waals surface area (Å²) in [7, 11) is 0.